The Hall–Kier alpha value is -1.25. The van der Waals surface area contributed by atoms with Crippen LogP contribution >= 0.6 is 0 Å². The summed E-state index contributed by atoms with van der Waals surface area (Å²) in [6, 6.07) is 0. The first-order valence-electron chi connectivity index (χ1n) is 20.5. The van der Waals surface area contributed by atoms with E-state index in [1.807, 2.05) is 0 Å². The minimum absolute atomic E-state index is 0.00424. The first-order chi connectivity index (χ1) is 25.1. The lowest BCUT2D eigenvalue weighted by atomic mass is 9.70. The van der Waals surface area contributed by atoms with Gasteiger partial charge in [-0.1, -0.05) is 20.1 Å². The average Bonchev–Trinajstić information content (AvgIpc) is 3.79. The zero-order valence-electron chi connectivity index (χ0n) is 31.1. The molecule has 10 aliphatic rings. The van der Waals surface area contributed by atoms with Gasteiger partial charge in [-0.2, -0.15) is 0 Å². The molecule has 1 aliphatic carbocycles. The summed E-state index contributed by atoms with van der Waals surface area (Å²) in [6.45, 7) is 11.3. The Morgan fingerprint density at radius 1 is 0.827 bits per heavy atom. The fourth-order valence-corrected chi connectivity index (χ4v) is 11.9. The average molecular weight is 728 g/mol. The monoisotopic (exact) mass is 727 g/mol. The number of fused-ring (bicyclic) bond motifs is 6. The molecule has 9 saturated heterocycles. The molecule has 1 saturated carbocycles. The van der Waals surface area contributed by atoms with E-state index in [4.69, 9.17) is 43.6 Å². The van der Waals surface area contributed by atoms with E-state index in [2.05, 4.69) is 20.1 Å². The molecule has 0 amide bonds. The van der Waals surface area contributed by atoms with Gasteiger partial charge >= 0.3 is 0 Å². The summed E-state index contributed by atoms with van der Waals surface area (Å²) in [6.07, 6.45) is 8.03. The number of ketones is 1. The number of ether oxygens (including phenoxy) is 8. The van der Waals surface area contributed by atoms with Gasteiger partial charge in [0.2, 0.25) is 0 Å². The van der Waals surface area contributed by atoms with E-state index in [1.165, 1.54) is 0 Å². The maximum atomic E-state index is 14.1. The topological polar surface area (TPSA) is 137 Å². The number of carbonyl (C=O) groups excluding carboxylic acids is 1. The van der Waals surface area contributed by atoms with Crippen molar-refractivity contribution in [1.82, 2.24) is 0 Å². The van der Waals surface area contributed by atoms with Gasteiger partial charge < -0.3 is 48.7 Å². The molecule has 0 aromatic carbocycles. The molecular weight excluding hydrogens is 666 g/mol. The zero-order chi connectivity index (χ0) is 35.9. The molecule has 10 rings (SSSR count). The Morgan fingerprint density at radius 3 is 2.44 bits per heavy atom. The Morgan fingerprint density at radius 2 is 1.62 bits per heavy atom. The molecule has 12 bridgehead atoms. The summed E-state index contributed by atoms with van der Waals surface area (Å²) in [5.41, 5.74) is 8.05. The lowest BCUT2D eigenvalue weighted by molar-refractivity contribution is -0.281. The molecule has 9 heterocycles. The predicted molar refractivity (Wildman–Crippen MR) is 189 cm³/mol. The van der Waals surface area contributed by atoms with E-state index in [0.717, 1.165) is 75.4 Å². The number of aliphatic hydroxyl groups is 1. The van der Waals surface area contributed by atoms with Crippen LogP contribution in [0.25, 0.3) is 0 Å². The molecule has 19 atom stereocenters. The van der Waals surface area contributed by atoms with Crippen molar-refractivity contribution >= 4 is 5.78 Å². The minimum atomic E-state index is -0.717. The van der Waals surface area contributed by atoms with E-state index in [-0.39, 0.29) is 97.6 Å². The molecular formula is C41H61NO10. The van der Waals surface area contributed by atoms with Crippen molar-refractivity contribution in [3.63, 3.8) is 0 Å². The zero-order valence-corrected chi connectivity index (χ0v) is 31.1. The van der Waals surface area contributed by atoms with Crippen LogP contribution in [0.2, 0.25) is 0 Å². The first-order valence-corrected chi connectivity index (χ1v) is 20.5. The third kappa shape index (κ3) is 6.60. The Bertz CT molecular complexity index is 1380. The van der Waals surface area contributed by atoms with E-state index < -0.39 is 11.9 Å². The SMILES string of the molecule is C=C1C[C@@H]2CC[C@@]34C[C@H]5O[C@@H]6C(C[C@H]7CC[C@H](CC(=O)C[C@@H]8[C@@H](OC)[C@@H](C[C@H](O)CN)O[C@H]8C[C@H]8O[C@@H](CC[C@@H]1O2)C[C@@H](C)C8=C)O[C@@H]7[C@@H]6O3)[C@H]5O4. The number of carbonyl (C=O) groups is 1. The van der Waals surface area contributed by atoms with Crippen molar-refractivity contribution < 1.29 is 47.8 Å². The van der Waals surface area contributed by atoms with Crippen LogP contribution in [0.1, 0.15) is 96.8 Å². The van der Waals surface area contributed by atoms with Crippen molar-refractivity contribution in [1.29, 1.82) is 0 Å². The van der Waals surface area contributed by atoms with Gasteiger partial charge in [0.05, 0.1) is 79.4 Å². The molecule has 290 valence electrons. The van der Waals surface area contributed by atoms with Crippen molar-refractivity contribution in [3.05, 3.63) is 24.3 Å². The minimum Gasteiger partial charge on any atom is -0.392 e. The Balaban J connectivity index is 0.994. The highest BCUT2D eigenvalue weighted by Gasteiger charge is 2.67. The molecule has 0 aromatic rings. The third-order valence-electron chi connectivity index (χ3n) is 14.6. The van der Waals surface area contributed by atoms with Crippen molar-refractivity contribution in [2.75, 3.05) is 13.7 Å². The summed E-state index contributed by atoms with van der Waals surface area (Å²) in [7, 11) is 1.67. The summed E-state index contributed by atoms with van der Waals surface area (Å²) < 4.78 is 53.8. The second kappa shape index (κ2) is 14.4. The van der Waals surface area contributed by atoms with Crippen molar-refractivity contribution in [2.24, 2.45) is 29.4 Å². The highest BCUT2D eigenvalue weighted by atomic mass is 16.8. The Kier molecular flexibility index (Phi) is 10.0. The van der Waals surface area contributed by atoms with Gasteiger partial charge in [-0.15, -0.1) is 0 Å². The molecule has 11 heteroatoms. The van der Waals surface area contributed by atoms with Crippen LogP contribution in [0.15, 0.2) is 24.3 Å². The normalized spacial score (nSPS) is 52.4. The van der Waals surface area contributed by atoms with E-state index >= 15 is 0 Å². The van der Waals surface area contributed by atoms with Crippen LogP contribution in [0.3, 0.4) is 0 Å². The van der Waals surface area contributed by atoms with Gasteiger partial charge in [0.15, 0.2) is 5.79 Å². The van der Waals surface area contributed by atoms with Gasteiger partial charge in [-0.3, -0.25) is 4.79 Å². The largest absolute Gasteiger partial charge is 0.392 e. The number of hydrogen-bond donors (Lipinski definition) is 2. The van der Waals surface area contributed by atoms with Crippen LogP contribution < -0.4 is 5.73 Å². The molecule has 11 nitrogen and oxygen atoms in total. The quantitative estimate of drug-likeness (QED) is 0.401. The summed E-state index contributed by atoms with van der Waals surface area (Å²) >= 11 is 0. The molecule has 0 aromatic heterocycles. The fraction of sp³-hybridized carbons (Fsp3) is 0.878. The van der Waals surface area contributed by atoms with Crippen LogP contribution in [0.5, 0.6) is 0 Å². The van der Waals surface area contributed by atoms with E-state index in [1.54, 1.807) is 7.11 Å². The number of methoxy groups -OCH3 is 1. The first kappa shape index (κ1) is 36.4. The number of rotatable bonds is 4. The second-order valence-electron chi connectivity index (χ2n) is 17.9. The van der Waals surface area contributed by atoms with E-state index in [0.29, 0.717) is 43.4 Å². The van der Waals surface area contributed by atoms with Gasteiger partial charge in [-0.05, 0) is 74.3 Å². The van der Waals surface area contributed by atoms with Crippen LogP contribution in [0, 0.1) is 23.7 Å². The van der Waals surface area contributed by atoms with Gasteiger partial charge in [0, 0.05) is 64.0 Å². The van der Waals surface area contributed by atoms with Crippen LogP contribution in [0.4, 0.5) is 0 Å². The molecule has 3 N–H and O–H groups in total. The predicted octanol–water partition coefficient (Wildman–Crippen LogP) is 4.31. The second-order valence-corrected chi connectivity index (χ2v) is 17.9. The van der Waals surface area contributed by atoms with E-state index in [9.17, 15) is 9.90 Å². The fourth-order valence-electron chi connectivity index (χ4n) is 11.9. The standard InChI is InChI=1S/C41H61NO10/c1-20-11-26-7-8-31-21(2)12-28(46-31)9-10-41-18-35-38(51-41)30-13-23-5-6-27(48-36(23)40(52-41)39(30)50-35)14-24(43)15-29-33(17-32(47-26)22(20)3)49-34(37(29)45-4)16-25(44)19-42/h20,23,25-40,44H,2-3,5-19,42H2,1,4H3/t20-,23-,25+,26+,27-,28+,29+,30?,31+,32-,33+,34-,35-,36+,37-,38-,39-,40+,41+/m1/s1. The number of aliphatic hydroxyl groups excluding tert-OH is 1. The molecule has 52 heavy (non-hydrogen) atoms. The maximum Gasteiger partial charge on any atom is 0.172 e. The highest BCUT2D eigenvalue weighted by molar-refractivity contribution is 5.79. The number of nitrogens with two attached hydrogens (primary N) is 1. The van der Waals surface area contributed by atoms with Crippen LogP contribution in [-0.4, -0.2) is 116 Å². The van der Waals surface area contributed by atoms with Crippen molar-refractivity contribution in [2.45, 2.75) is 188 Å². The maximum absolute atomic E-state index is 14.1. The van der Waals surface area contributed by atoms with Crippen molar-refractivity contribution in [3.8, 4) is 0 Å². The lowest BCUT2D eigenvalue weighted by Crippen LogP contribution is -2.56. The summed E-state index contributed by atoms with van der Waals surface area (Å²) in [5, 5.41) is 10.5. The third-order valence-corrected chi connectivity index (χ3v) is 14.6. The van der Waals surface area contributed by atoms with Crippen LogP contribution in [-0.2, 0) is 42.7 Å². The molecule has 9 aliphatic heterocycles. The molecule has 0 radical (unpaired) electrons. The highest BCUT2D eigenvalue weighted by Crippen LogP contribution is 2.58. The lowest BCUT2D eigenvalue weighted by Gasteiger charge is -2.47. The number of Topliss-reactive ketones (excluding diaryl/α,β-unsaturated/α-hetero) is 1. The Labute approximate surface area is 308 Å². The number of hydrogen-bond acceptors (Lipinski definition) is 11. The molecule has 1 unspecified atom stereocenters. The smallest absolute Gasteiger partial charge is 0.172 e. The van der Waals surface area contributed by atoms with Gasteiger partial charge in [0.1, 0.15) is 11.9 Å². The van der Waals surface area contributed by atoms with Gasteiger partial charge in [-0.25, -0.2) is 0 Å². The summed E-state index contributed by atoms with van der Waals surface area (Å²) in [4.78, 5) is 14.1. The summed E-state index contributed by atoms with van der Waals surface area (Å²) in [5.74, 6) is 0.220. The van der Waals surface area contributed by atoms with Gasteiger partial charge in [0.25, 0.3) is 0 Å². The molecule has 10 fully saturated rings. The molecule has 1 spiro atoms.